The quantitative estimate of drug-likeness (QED) is 0.806. The first-order chi connectivity index (χ1) is 8.72. The van der Waals surface area contributed by atoms with E-state index in [1.54, 1.807) is 18.2 Å². The summed E-state index contributed by atoms with van der Waals surface area (Å²) in [5.74, 6) is 0.838. The number of hydrogen-bond acceptors (Lipinski definition) is 5. The van der Waals surface area contributed by atoms with E-state index in [1.807, 2.05) is 12.1 Å². The molecule has 5 heteroatoms. The lowest BCUT2D eigenvalue weighted by Gasteiger charge is -2.07. The summed E-state index contributed by atoms with van der Waals surface area (Å²) < 4.78 is 5.53. The highest BCUT2D eigenvalue weighted by molar-refractivity contribution is 5.54. The third-order valence-corrected chi connectivity index (χ3v) is 2.20. The maximum Gasteiger partial charge on any atom is 0.145 e. The minimum atomic E-state index is 0.251. The lowest BCUT2D eigenvalue weighted by molar-refractivity contribution is 0.480. The number of nitrogens with two attached hydrogens (primary N) is 1. The predicted octanol–water partition coefficient (Wildman–Crippen LogP) is 2.20. The molecule has 0 bridgehead atoms. The molecule has 0 saturated carbocycles. The van der Waals surface area contributed by atoms with E-state index in [2.05, 4.69) is 4.98 Å². The zero-order valence-corrected chi connectivity index (χ0v) is 9.29. The number of ether oxygens (including phenoxy) is 1. The van der Waals surface area contributed by atoms with Crippen LogP contribution < -0.4 is 10.5 Å². The van der Waals surface area contributed by atoms with Crippen molar-refractivity contribution in [3.8, 4) is 23.6 Å². The van der Waals surface area contributed by atoms with Crippen LogP contribution in [0.3, 0.4) is 0 Å². The molecule has 1 aromatic carbocycles. The third-order valence-electron chi connectivity index (χ3n) is 2.20. The highest BCUT2D eigenvalue weighted by atomic mass is 16.5. The second-order valence-electron chi connectivity index (χ2n) is 3.46. The highest BCUT2D eigenvalue weighted by Gasteiger charge is 2.06. The first-order valence-corrected chi connectivity index (χ1v) is 5.06. The summed E-state index contributed by atoms with van der Waals surface area (Å²) in [6.45, 7) is 0. The van der Waals surface area contributed by atoms with Gasteiger partial charge >= 0.3 is 0 Å². The van der Waals surface area contributed by atoms with Crippen LogP contribution in [0, 0.1) is 22.7 Å². The van der Waals surface area contributed by atoms with E-state index < -0.39 is 0 Å². The molecule has 0 radical (unpaired) electrons. The van der Waals surface area contributed by atoms with Crippen LogP contribution in [-0.4, -0.2) is 4.98 Å². The van der Waals surface area contributed by atoms with E-state index in [9.17, 15) is 0 Å². The van der Waals surface area contributed by atoms with E-state index >= 15 is 0 Å². The number of nitrogens with zero attached hydrogens (tertiary/aromatic N) is 3. The Bertz CT molecular complexity index is 667. The van der Waals surface area contributed by atoms with Crippen LogP contribution in [0.15, 0.2) is 36.5 Å². The summed E-state index contributed by atoms with van der Waals surface area (Å²) in [4.78, 5) is 3.83. The number of pyridine rings is 1. The summed E-state index contributed by atoms with van der Waals surface area (Å²) in [5, 5.41) is 17.7. The molecule has 0 aliphatic carbocycles. The van der Waals surface area contributed by atoms with Crippen molar-refractivity contribution in [3.05, 3.63) is 47.8 Å². The van der Waals surface area contributed by atoms with Gasteiger partial charge < -0.3 is 10.5 Å². The van der Waals surface area contributed by atoms with Gasteiger partial charge in [0, 0.05) is 18.0 Å². The summed E-state index contributed by atoms with van der Waals surface area (Å²) in [7, 11) is 0. The lowest BCUT2D eigenvalue weighted by Crippen LogP contribution is -1.92. The van der Waals surface area contributed by atoms with Crippen molar-refractivity contribution >= 4 is 5.69 Å². The van der Waals surface area contributed by atoms with E-state index in [1.165, 1.54) is 18.3 Å². The second kappa shape index (κ2) is 4.86. The van der Waals surface area contributed by atoms with Crippen LogP contribution in [0.2, 0.25) is 0 Å². The van der Waals surface area contributed by atoms with Gasteiger partial charge in [-0.25, -0.2) is 4.98 Å². The standard InChI is InChI=1S/C13H8N4O/c14-7-9-5-10(16)1-2-13(9)18-12-3-4-17-11(6-12)8-15/h1-6H,16H2. The van der Waals surface area contributed by atoms with Gasteiger partial charge in [-0.05, 0) is 24.3 Å². The number of aromatic nitrogens is 1. The van der Waals surface area contributed by atoms with Gasteiger partial charge in [-0.15, -0.1) is 0 Å². The first kappa shape index (κ1) is 11.4. The maximum atomic E-state index is 8.97. The van der Waals surface area contributed by atoms with Gasteiger partial charge in [0.15, 0.2) is 0 Å². The van der Waals surface area contributed by atoms with Crippen LogP contribution in [0.25, 0.3) is 0 Å². The number of rotatable bonds is 2. The molecule has 0 fully saturated rings. The average molecular weight is 236 g/mol. The fourth-order valence-corrected chi connectivity index (χ4v) is 1.39. The molecular weight excluding hydrogens is 228 g/mol. The molecule has 0 saturated heterocycles. The first-order valence-electron chi connectivity index (χ1n) is 5.06. The number of benzene rings is 1. The third kappa shape index (κ3) is 2.37. The lowest BCUT2D eigenvalue weighted by atomic mass is 10.2. The molecule has 0 amide bonds. The van der Waals surface area contributed by atoms with Crippen LogP contribution in [0.5, 0.6) is 11.5 Å². The molecule has 5 nitrogen and oxygen atoms in total. The molecule has 1 aromatic heterocycles. The molecule has 0 aliphatic rings. The molecule has 1 heterocycles. The monoisotopic (exact) mass is 236 g/mol. The largest absolute Gasteiger partial charge is 0.456 e. The van der Waals surface area contributed by atoms with Crippen molar-refractivity contribution in [1.29, 1.82) is 10.5 Å². The van der Waals surface area contributed by atoms with Crippen molar-refractivity contribution in [1.82, 2.24) is 4.98 Å². The van der Waals surface area contributed by atoms with Gasteiger partial charge in [-0.3, -0.25) is 0 Å². The van der Waals surface area contributed by atoms with Crippen molar-refractivity contribution < 1.29 is 4.74 Å². The maximum absolute atomic E-state index is 8.97. The summed E-state index contributed by atoms with van der Waals surface area (Å²) in [5.41, 5.74) is 6.66. The van der Waals surface area contributed by atoms with Crippen molar-refractivity contribution in [2.24, 2.45) is 0 Å². The fraction of sp³-hybridized carbons (Fsp3) is 0. The van der Waals surface area contributed by atoms with E-state index in [0.29, 0.717) is 22.7 Å². The predicted molar refractivity (Wildman–Crippen MR) is 64.6 cm³/mol. The summed E-state index contributed by atoms with van der Waals surface area (Å²) in [6.07, 6.45) is 1.47. The Morgan fingerprint density at radius 1 is 1.11 bits per heavy atom. The second-order valence-corrected chi connectivity index (χ2v) is 3.46. The molecule has 0 aliphatic heterocycles. The number of anilines is 1. The van der Waals surface area contributed by atoms with E-state index in [4.69, 9.17) is 21.0 Å². The molecular formula is C13H8N4O. The number of nitrogen functional groups attached to an aromatic ring is 1. The van der Waals surface area contributed by atoms with Crippen LogP contribution in [0.4, 0.5) is 5.69 Å². The molecule has 0 atom stereocenters. The Kier molecular flexibility index (Phi) is 3.08. The molecule has 2 rings (SSSR count). The van der Waals surface area contributed by atoms with E-state index in [0.717, 1.165) is 0 Å². The van der Waals surface area contributed by atoms with Crippen LogP contribution >= 0.6 is 0 Å². The molecule has 2 aromatic rings. The minimum Gasteiger partial charge on any atom is -0.456 e. The van der Waals surface area contributed by atoms with Gasteiger partial charge in [0.25, 0.3) is 0 Å². The zero-order chi connectivity index (χ0) is 13.0. The Hall–Kier alpha value is -3.05. The zero-order valence-electron chi connectivity index (χ0n) is 9.29. The Morgan fingerprint density at radius 2 is 1.94 bits per heavy atom. The van der Waals surface area contributed by atoms with Gasteiger partial charge in [0.1, 0.15) is 29.3 Å². The summed E-state index contributed by atoms with van der Waals surface area (Å²) in [6, 6.07) is 11.8. The molecule has 0 spiro atoms. The van der Waals surface area contributed by atoms with Crippen molar-refractivity contribution in [2.45, 2.75) is 0 Å². The van der Waals surface area contributed by atoms with Gasteiger partial charge in [-0.2, -0.15) is 10.5 Å². The Morgan fingerprint density at radius 3 is 2.67 bits per heavy atom. The van der Waals surface area contributed by atoms with Crippen molar-refractivity contribution in [3.63, 3.8) is 0 Å². The minimum absolute atomic E-state index is 0.251. The van der Waals surface area contributed by atoms with Gasteiger partial charge in [0.05, 0.1) is 5.56 Å². The SMILES string of the molecule is N#Cc1cc(Oc2ccc(N)cc2C#N)ccn1. The average Bonchev–Trinajstić information content (AvgIpc) is 2.41. The van der Waals surface area contributed by atoms with E-state index in [-0.39, 0.29) is 5.69 Å². The number of hydrogen-bond donors (Lipinski definition) is 1. The topological polar surface area (TPSA) is 95.7 Å². The van der Waals surface area contributed by atoms with Gasteiger partial charge in [0.2, 0.25) is 0 Å². The normalized spacial score (nSPS) is 9.22. The Labute approximate surface area is 104 Å². The number of nitriles is 2. The van der Waals surface area contributed by atoms with Crippen molar-refractivity contribution in [2.75, 3.05) is 5.73 Å². The molecule has 0 unspecified atom stereocenters. The molecule has 86 valence electrons. The smallest absolute Gasteiger partial charge is 0.145 e. The molecule has 18 heavy (non-hydrogen) atoms. The summed E-state index contributed by atoms with van der Waals surface area (Å²) >= 11 is 0. The van der Waals surface area contributed by atoms with Crippen LogP contribution in [-0.2, 0) is 0 Å². The highest BCUT2D eigenvalue weighted by Crippen LogP contribution is 2.26. The Balaban J connectivity index is 2.35. The fourth-order valence-electron chi connectivity index (χ4n) is 1.39. The van der Waals surface area contributed by atoms with Gasteiger partial charge in [-0.1, -0.05) is 0 Å². The van der Waals surface area contributed by atoms with Crippen LogP contribution in [0.1, 0.15) is 11.3 Å². The molecule has 2 N–H and O–H groups in total.